The lowest BCUT2D eigenvalue weighted by molar-refractivity contribution is -0.198. The van der Waals surface area contributed by atoms with Gasteiger partial charge in [-0.2, -0.15) is 0 Å². The molecule has 0 N–H and O–H groups in total. The monoisotopic (exact) mass is 998 g/mol. The minimum atomic E-state index is -1.57. The lowest BCUT2D eigenvalue weighted by atomic mass is 10.0. The second-order valence-corrected chi connectivity index (χ2v) is 20.6. The van der Waals surface area contributed by atoms with E-state index < -0.39 is 69.9 Å². The van der Waals surface area contributed by atoms with Crippen molar-refractivity contribution in [1.29, 1.82) is 0 Å². The van der Waals surface area contributed by atoms with Crippen LogP contribution in [0.5, 0.6) is 23.0 Å². The molecule has 8 rings (SSSR count). The van der Waals surface area contributed by atoms with E-state index in [0.29, 0.717) is 12.2 Å². The van der Waals surface area contributed by atoms with Crippen LogP contribution in [0.3, 0.4) is 0 Å². The van der Waals surface area contributed by atoms with Gasteiger partial charge in [0.1, 0.15) is 65.6 Å². The van der Waals surface area contributed by atoms with Crippen molar-refractivity contribution in [2.24, 2.45) is 0 Å². The van der Waals surface area contributed by atoms with Crippen molar-refractivity contribution in [1.82, 2.24) is 0 Å². The van der Waals surface area contributed by atoms with E-state index in [1.165, 1.54) is 11.8 Å². The van der Waals surface area contributed by atoms with Crippen LogP contribution >= 0.6 is 11.8 Å². The van der Waals surface area contributed by atoms with Crippen LogP contribution in [-0.2, 0) is 75.1 Å². The average Bonchev–Trinajstić information content (AvgIpc) is 3.72. The summed E-state index contributed by atoms with van der Waals surface area (Å²) in [6, 6.07) is 39.6. The molecule has 3 aliphatic rings. The van der Waals surface area contributed by atoms with Gasteiger partial charge < -0.3 is 56.8 Å². The molecule has 374 valence electrons. The van der Waals surface area contributed by atoms with Crippen LogP contribution in [0.25, 0.3) is 0 Å². The van der Waals surface area contributed by atoms with E-state index in [1.807, 2.05) is 117 Å². The molecule has 0 aromatic heterocycles. The molecule has 5 aromatic rings. The molecule has 3 fully saturated rings. The third kappa shape index (κ3) is 13.3. The maximum Gasteiger partial charge on any atom is 0.338 e. The topological polar surface area (TPSA) is 145 Å². The quantitative estimate of drug-likeness (QED) is 0.0613. The molecule has 0 radical (unpaired) electrons. The van der Waals surface area contributed by atoms with E-state index in [0.717, 1.165) is 45.3 Å². The lowest BCUT2D eigenvalue weighted by Gasteiger charge is -2.47. The number of hydrogen-bond acceptors (Lipinski definition) is 15. The van der Waals surface area contributed by atoms with Crippen molar-refractivity contribution < 1.29 is 65.8 Å². The second-order valence-electron chi connectivity index (χ2n) is 17.6. The Hall–Kier alpha value is -5.01. The van der Waals surface area contributed by atoms with Gasteiger partial charge in [0.05, 0.1) is 89.4 Å². The number of fused-ring (bicyclic) bond motifs is 1. The Balaban J connectivity index is 1.12. The van der Waals surface area contributed by atoms with Crippen LogP contribution in [0, 0.1) is 0 Å². The summed E-state index contributed by atoms with van der Waals surface area (Å²) in [4.78, 5) is 13.1. The van der Waals surface area contributed by atoms with Crippen molar-refractivity contribution >= 4 is 28.5 Å². The normalized spacial score (nSPS) is 25.9. The Bertz CT molecular complexity index is 2420. The molecule has 0 amide bonds. The number of rotatable bonds is 22. The van der Waals surface area contributed by atoms with Gasteiger partial charge in [-0.15, -0.1) is 11.8 Å². The molecule has 0 saturated carbocycles. The van der Waals surface area contributed by atoms with E-state index in [1.54, 1.807) is 52.7 Å². The van der Waals surface area contributed by atoms with E-state index >= 15 is 0 Å². The minimum absolute atomic E-state index is 0.0871. The third-order valence-electron chi connectivity index (χ3n) is 12.4. The summed E-state index contributed by atoms with van der Waals surface area (Å²) in [5.74, 6) is 1.47. The van der Waals surface area contributed by atoms with Gasteiger partial charge in [-0.05, 0) is 96.8 Å². The Morgan fingerprint density at radius 3 is 1.54 bits per heavy atom. The fourth-order valence-corrected chi connectivity index (χ4v) is 11.7. The van der Waals surface area contributed by atoms with Crippen LogP contribution < -0.4 is 18.9 Å². The Labute approximate surface area is 416 Å². The van der Waals surface area contributed by atoms with Crippen LogP contribution in [0.2, 0.25) is 0 Å². The number of esters is 1. The first-order valence-corrected chi connectivity index (χ1v) is 25.6. The van der Waals surface area contributed by atoms with Crippen LogP contribution in [0.1, 0.15) is 46.5 Å². The van der Waals surface area contributed by atoms with Gasteiger partial charge in [0, 0.05) is 10.8 Å². The van der Waals surface area contributed by atoms with Crippen molar-refractivity contribution in [3.8, 4) is 23.0 Å². The number of carbonyl (C=O) groups is 1. The van der Waals surface area contributed by atoms with Crippen molar-refractivity contribution in [2.75, 3.05) is 47.4 Å². The first kappa shape index (κ1) is 51.3. The van der Waals surface area contributed by atoms with Crippen molar-refractivity contribution in [3.05, 3.63) is 155 Å². The van der Waals surface area contributed by atoms with E-state index in [2.05, 4.69) is 0 Å². The zero-order chi connectivity index (χ0) is 49.0. The summed E-state index contributed by atoms with van der Waals surface area (Å²) in [6.45, 7) is 4.76. The van der Waals surface area contributed by atoms with Gasteiger partial charge in [0.2, 0.25) is 0 Å². The SMILES string of the molecule is COc1ccc(COC[C@H]2S[C@H](O[C@H]3CS(=O)[C@H](COC(=O)c4ccccc4)[C@H]4OC(C)(C)O[C@@H]43)[C@H](OCc3ccc(OC)cc3)[C@@H](OCc3ccc(OC)cc3)[C@@H]2OCc2ccc(OC)cc2)cc1. The fraction of sp³-hybridized carbons (Fsp3) is 0.426. The zero-order valence-corrected chi connectivity index (χ0v) is 41.9. The maximum atomic E-state index is 14.4. The van der Waals surface area contributed by atoms with Crippen LogP contribution in [-0.4, -0.2) is 116 Å². The smallest absolute Gasteiger partial charge is 0.338 e. The fourth-order valence-electron chi connectivity index (χ4n) is 8.64. The maximum absolute atomic E-state index is 14.4. The summed E-state index contributed by atoms with van der Waals surface area (Å²) in [5, 5.41) is -1.04. The van der Waals surface area contributed by atoms with Crippen LogP contribution in [0.15, 0.2) is 127 Å². The molecule has 5 aromatic carbocycles. The third-order valence-corrected chi connectivity index (χ3v) is 15.5. The molecule has 0 bridgehead atoms. The highest BCUT2D eigenvalue weighted by atomic mass is 32.2. The summed E-state index contributed by atoms with van der Waals surface area (Å²) in [7, 11) is 4.97. The predicted octanol–water partition coefficient (Wildman–Crippen LogP) is 8.33. The molecule has 0 spiro atoms. The van der Waals surface area contributed by atoms with Gasteiger partial charge in [-0.25, -0.2) is 4.79 Å². The molecular weight excluding hydrogens is 937 g/mol. The highest BCUT2D eigenvalue weighted by Crippen LogP contribution is 2.44. The number of hydrogen-bond donors (Lipinski definition) is 0. The highest BCUT2D eigenvalue weighted by Gasteiger charge is 2.57. The first-order chi connectivity index (χ1) is 34.0. The summed E-state index contributed by atoms with van der Waals surface area (Å²) < 4.78 is 89.9. The summed E-state index contributed by atoms with van der Waals surface area (Å²) in [6.07, 6.45) is -4.18. The molecule has 0 aliphatic carbocycles. The number of carbonyl (C=O) groups excluding carboxylic acids is 1. The van der Waals surface area contributed by atoms with Gasteiger partial charge in [0.25, 0.3) is 0 Å². The molecule has 3 aliphatic heterocycles. The number of benzene rings is 5. The molecule has 70 heavy (non-hydrogen) atoms. The molecule has 14 nitrogen and oxygen atoms in total. The minimum Gasteiger partial charge on any atom is -0.497 e. The predicted molar refractivity (Wildman–Crippen MR) is 265 cm³/mol. The Morgan fingerprint density at radius 2 is 1.04 bits per heavy atom. The van der Waals surface area contributed by atoms with E-state index in [9.17, 15) is 9.00 Å². The largest absolute Gasteiger partial charge is 0.497 e. The molecule has 10 atom stereocenters. The standard InChI is InChI=1S/C54H62O14S2/c1-54(2)67-47-44(34-70(56)46(49(47)68-54)33-65-52(55)39-10-8-7-9-11-39)66-53-51(64-31-38-18-26-43(60-6)27-19-38)50(63-30-37-16-24-42(59-5)25-17-37)48(62-29-36-14-22-41(58-4)23-15-36)45(69-53)32-61-28-35-12-20-40(57-3)21-13-35/h7-27,44-51,53H,28-34H2,1-6H3/t44-,45+,46+,47+,48+,49+,50-,51+,53-,70?/m0/s1. The summed E-state index contributed by atoms with van der Waals surface area (Å²) >= 11 is 1.52. The van der Waals surface area contributed by atoms with Gasteiger partial charge in [-0.3, -0.25) is 4.21 Å². The Morgan fingerprint density at radius 1 is 0.586 bits per heavy atom. The number of thioether (sulfide) groups is 1. The molecule has 1 unspecified atom stereocenters. The highest BCUT2D eigenvalue weighted by molar-refractivity contribution is 8.00. The summed E-state index contributed by atoms with van der Waals surface area (Å²) in [5.41, 5.74) is 3.40. The van der Waals surface area contributed by atoms with Crippen molar-refractivity contribution in [2.45, 2.75) is 98.6 Å². The van der Waals surface area contributed by atoms with Gasteiger partial charge >= 0.3 is 5.97 Å². The van der Waals surface area contributed by atoms with Crippen molar-refractivity contribution in [3.63, 3.8) is 0 Å². The van der Waals surface area contributed by atoms with Gasteiger partial charge in [-0.1, -0.05) is 66.7 Å². The van der Waals surface area contributed by atoms with E-state index in [-0.39, 0.29) is 44.0 Å². The number of methoxy groups -OCH3 is 4. The van der Waals surface area contributed by atoms with Gasteiger partial charge in [0.15, 0.2) is 5.79 Å². The first-order valence-electron chi connectivity index (χ1n) is 23.2. The molecule has 3 saturated heterocycles. The Kier molecular flexibility index (Phi) is 17.9. The number of ether oxygens (including phenoxy) is 12. The molecule has 16 heteroatoms. The molecular formula is C54H62O14S2. The lowest BCUT2D eigenvalue weighted by Crippen LogP contribution is -2.61. The van der Waals surface area contributed by atoms with Crippen LogP contribution in [0.4, 0.5) is 0 Å². The zero-order valence-electron chi connectivity index (χ0n) is 40.3. The average molecular weight is 999 g/mol. The van der Waals surface area contributed by atoms with E-state index in [4.69, 9.17) is 56.8 Å². The second kappa shape index (κ2) is 24.4. The molecule has 3 heterocycles.